The van der Waals surface area contributed by atoms with E-state index in [1.54, 1.807) is 21.6 Å². The summed E-state index contributed by atoms with van der Waals surface area (Å²) in [7, 11) is 3.31. The molecule has 1 aliphatic rings. The normalized spacial score (nSPS) is 21.6. The Morgan fingerprint density at radius 2 is 1.33 bits per heavy atom. The van der Waals surface area contributed by atoms with Gasteiger partial charge >= 0.3 is 0 Å². The summed E-state index contributed by atoms with van der Waals surface area (Å²) in [6, 6.07) is 0. The maximum absolute atomic E-state index is 11.2. The predicted octanol–water partition coefficient (Wildman–Crippen LogP) is 0.784. The summed E-state index contributed by atoms with van der Waals surface area (Å²) in [4.78, 5) is 22.5. The van der Waals surface area contributed by atoms with Crippen LogP contribution in [0.3, 0.4) is 0 Å². The number of rotatable bonds is 0. The lowest BCUT2D eigenvalue weighted by Crippen LogP contribution is -2.29. The molecule has 0 atom stereocenters. The third-order valence-electron chi connectivity index (χ3n) is 1.91. The Hall–Kier alpha value is -0.360. The largest absolute Gasteiger partial charge is 0.356 e. The van der Waals surface area contributed by atoms with Crippen molar-refractivity contribution in [3.05, 3.63) is 0 Å². The van der Waals surface area contributed by atoms with Gasteiger partial charge in [-0.05, 0) is 6.42 Å². The molecule has 0 aromatic rings. The molecule has 15 heavy (non-hydrogen) atoms. The van der Waals surface area contributed by atoms with Crippen LogP contribution in [0.2, 0.25) is 0 Å². The van der Waals surface area contributed by atoms with Gasteiger partial charge in [-0.25, -0.2) is 0 Å². The van der Waals surface area contributed by atoms with Crippen molar-refractivity contribution in [1.29, 1.82) is 0 Å². The van der Waals surface area contributed by atoms with Crippen LogP contribution < -0.4 is 10.6 Å². The summed E-state index contributed by atoms with van der Waals surface area (Å²) in [5.41, 5.74) is 0. The molecule has 0 unspecified atom stereocenters. The second kappa shape index (κ2) is 7.87. The lowest BCUT2D eigenvalue weighted by atomic mass is 10.3. The van der Waals surface area contributed by atoms with E-state index in [1.807, 2.05) is 0 Å². The van der Waals surface area contributed by atoms with Crippen LogP contribution in [0.15, 0.2) is 0 Å². The second-order valence-corrected chi connectivity index (χ2v) is 5.90. The molecule has 2 N–H and O–H groups in total. The van der Waals surface area contributed by atoms with E-state index in [2.05, 4.69) is 10.6 Å². The van der Waals surface area contributed by atoms with E-state index in [0.717, 1.165) is 17.9 Å². The quantitative estimate of drug-likeness (QED) is 0.622. The molecule has 0 aliphatic carbocycles. The Morgan fingerprint density at radius 3 is 1.80 bits per heavy atom. The maximum Gasteiger partial charge on any atom is 0.220 e. The van der Waals surface area contributed by atoms with E-state index >= 15 is 0 Å². The Kier molecular flexibility index (Phi) is 6.67. The molecule has 0 radical (unpaired) electrons. The lowest BCUT2D eigenvalue weighted by Gasteiger charge is -2.04. The molecule has 0 saturated carbocycles. The molecule has 1 heterocycles. The van der Waals surface area contributed by atoms with E-state index < -0.39 is 0 Å². The van der Waals surface area contributed by atoms with Crippen molar-refractivity contribution in [2.24, 2.45) is 0 Å². The van der Waals surface area contributed by atoms with Crippen LogP contribution in [0.25, 0.3) is 0 Å². The summed E-state index contributed by atoms with van der Waals surface area (Å²) in [6.45, 7) is 1.30. The fourth-order valence-electron chi connectivity index (χ4n) is 1.11. The van der Waals surface area contributed by atoms with Crippen LogP contribution in [0.5, 0.6) is 0 Å². The number of carbonyl (C=O) groups excluding carboxylic acids is 2. The van der Waals surface area contributed by atoms with Crippen LogP contribution in [0.4, 0.5) is 0 Å². The van der Waals surface area contributed by atoms with Crippen molar-refractivity contribution in [2.75, 3.05) is 24.6 Å². The standard InChI is InChI=1S/C9H16N2O2S2/c12-8-2-6-14-15-7-3-9(13)11-5-1-4-10-8/h1-7H2,(H,10,12)(H,11,13). The fraction of sp³-hybridized carbons (Fsp3) is 0.778. The summed E-state index contributed by atoms with van der Waals surface area (Å²) < 4.78 is 0. The highest BCUT2D eigenvalue weighted by Gasteiger charge is 2.04. The van der Waals surface area contributed by atoms with Crippen LogP contribution in [-0.2, 0) is 9.59 Å². The van der Waals surface area contributed by atoms with Crippen LogP contribution in [0.1, 0.15) is 19.3 Å². The first-order valence-corrected chi connectivity index (χ1v) is 7.55. The van der Waals surface area contributed by atoms with Gasteiger partial charge < -0.3 is 10.6 Å². The predicted molar refractivity (Wildman–Crippen MR) is 64.8 cm³/mol. The third kappa shape index (κ3) is 6.67. The zero-order valence-electron chi connectivity index (χ0n) is 8.58. The third-order valence-corrected chi connectivity index (χ3v) is 4.31. The van der Waals surface area contributed by atoms with Gasteiger partial charge in [0.2, 0.25) is 11.8 Å². The molecule has 2 amide bonds. The average molecular weight is 248 g/mol. The molecular weight excluding hydrogens is 232 g/mol. The number of carbonyl (C=O) groups is 2. The molecule has 0 spiro atoms. The van der Waals surface area contributed by atoms with Crippen LogP contribution >= 0.6 is 21.6 Å². The highest BCUT2D eigenvalue weighted by molar-refractivity contribution is 8.76. The highest BCUT2D eigenvalue weighted by Crippen LogP contribution is 2.22. The van der Waals surface area contributed by atoms with Gasteiger partial charge in [0, 0.05) is 37.4 Å². The van der Waals surface area contributed by atoms with Gasteiger partial charge in [-0.2, -0.15) is 0 Å². The molecule has 1 fully saturated rings. The molecule has 4 nitrogen and oxygen atoms in total. The van der Waals surface area contributed by atoms with E-state index in [-0.39, 0.29) is 11.8 Å². The van der Waals surface area contributed by atoms with Crippen molar-refractivity contribution in [3.63, 3.8) is 0 Å². The molecule has 1 saturated heterocycles. The Balaban J connectivity index is 2.26. The fourth-order valence-corrected chi connectivity index (χ4v) is 3.09. The minimum atomic E-state index is 0.105. The number of hydrogen-bond donors (Lipinski definition) is 2. The smallest absolute Gasteiger partial charge is 0.220 e. The molecule has 1 rings (SSSR count). The summed E-state index contributed by atoms with van der Waals surface area (Å²) in [5.74, 6) is 1.85. The van der Waals surface area contributed by atoms with Crippen molar-refractivity contribution in [3.8, 4) is 0 Å². The van der Waals surface area contributed by atoms with E-state index in [4.69, 9.17) is 0 Å². The van der Waals surface area contributed by atoms with Crippen molar-refractivity contribution < 1.29 is 9.59 Å². The van der Waals surface area contributed by atoms with Gasteiger partial charge in [0.05, 0.1) is 0 Å². The van der Waals surface area contributed by atoms with Gasteiger partial charge in [-0.15, -0.1) is 0 Å². The Bertz CT molecular complexity index is 202. The average Bonchev–Trinajstić information content (AvgIpc) is 2.23. The number of nitrogens with one attached hydrogen (secondary N) is 2. The molecule has 86 valence electrons. The topological polar surface area (TPSA) is 58.2 Å². The minimum Gasteiger partial charge on any atom is -0.356 e. The first-order chi connectivity index (χ1) is 7.29. The molecule has 0 bridgehead atoms. The SMILES string of the molecule is O=C1CCSSCCC(=O)NCCCN1. The summed E-state index contributed by atoms with van der Waals surface area (Å²) in [6.07, 6.45) is 1.94. The van der Waals surface area contributed by atoms with Gasteiger partial charge in [0.1, 0.15) is 0 Å². The lowest BCUT2D eigenvalue weighted by molar-refractivity contribution is -0.121. The molecular formula is C9H16N2O2S2. The number of hydrogen-bond acceptors (Lipinski definition) is 4. The number of amides is 2. The van der Waals surface area contributed by atoms with E-state index in [0.29, 0.717) is 25.9 Å². The molecule has 1 aliphatic heterocycles. The Labute approximate surface area is 97.7 Å². The first-order valence-electron chi connectivity index (χ1n) is 5.07. The van der Waals surface area contributed by atoms with Crippen LogP contribution in [-0.4, -0.2) is 36.4 Å². The minimum absolute atomic E-state index is 0.105. The van der Waals surface area contributed by atoms with Gasteiger partial charge in [0.25, 0.3) is 0 Å². The van der Waals surface area contributed by atoms with Crippen molar-refractivity contribution >= 4 is 33.4 Å². The zero-order valence-corrected chi connectivity index (χ0v) is 10.2. The Morgan fingerprint density at radius 1 is 0.867 bits per heavy atom. The maximum atomic E-state index is 11.2. The van der Waals surface area contributed by atoms with Gasteiger partial charge in [0.15, 0.2) is 0 Å². The molecule has 0 aromatic heterocycles. The molecule has 0 aromatic carbocycles. The van der Waals surface area contributed by atoms with Gasteiger partial charge in [-0.3, -0.25) is 9.59 Å². The van der Waals surface area contributed by atoms with Gasteiger partial charge in [-0.1, -0.05) is 21.6 Å². The zero-order chi connectivity index (χ0) is 10.9. The van der Waals surface area contributed by atoms with Crippen LogP contribution in [0, 0.1) is 0 Å². The molecule has 6 heteroatoms. The highest BCUT2D eigenvalue weighted by atomic mass is 33.1. The van der Waals surface area contributed by atoms with E-state index in [9.17, 15) is 9.59 Å². The first kappa shape index (κ1) is 12.7. The van der Waals surface area contributed by atoms with Crippen molar-refractivity contribution in [2.45, 2.75) is 19.3 Å². The van der Waals surface area contributed by atoms with Crippen molar-refractivity contribution in [1.82, 2.24) is 10.6 Å². The van der Waals surface area contributed by atoms with E-state index in [1.165, 1.54) is 0 Å². The summed E-state index contributed by atoms with van der Waals surface area (Å²) >= 11 is 0. The summed E-state index contributed by atoms with van der Waals surface area (Å²) in [5, 5.41) is 5.65. The monoisotopic (exact) mass is 248 g/mol. The second-order valence-electron chi connectivity index (χ2n) is 3.20.